The standard InChI is InChI=1S/C63H115NO13/c1-3-5-7-9-11-13-15-17-19-21-23-25-27-28-30-32-34-36-38-40-42-44-46-52(67)51(50-74-62-60(73)58(71)61(54(49-66)76-62)77-63-59(72)57(70)56(69)53(48-65)75-63)64-55(68)47-45-43-41-39-37-35-33-31-29-26-24-22-20-18-16-14-12-10-8-6-4-2/h22,24,28,30,36,38,44,46,51-54,56-63,65-67,69-73H,3-21,23,25-27,29,31-35,37,39-43,45,47-50H2,1-2H3,(H,64,68)/b24-22-,30-28+,38-36+,46-44+. The lowest BCUT2D eigenvalue weighted by Crippen LogP contribution is -2.65. The van der Waals surface area contributed by atoms with Crippen molar-refractivity contribution in [1.82, 2.24) is 5.32 Å². The van der Waals surface area contributed by atoms with E-state index < -0.39 is 86.8 Å². The van der Waals surface area contributed by atoms with Gasteiger partial charge in [-0.3, -0.25) is 4.79 Å². The second-order valence-corrected chi connectivity index (χ2v) is 22.2. The van der Waals surface area contributed by atoms with Gasteiger partial charge in [-0.1, -0.05) is 223 Å². The number of aliphatic hydroxyl groups is 8. The van der Waals surface area contributed by atoms with Crippen LogP contribution in [0.4, 0.5) is 0 Å². The van der Waals surface area contributed by atoms with E-state index in [4.69, 9.17) is 18.9 Å². The highest BCUT2D eigenvalue weighted by atomic mass is 16.7. The van der Waals surface area contributed by atoms with Crippen molar-refractivity contribution in [3.8, 4) is 0 Å². The molecule has 14 nitrogen and oxygen atoms in total. The van der Waals surface area contributed by atoms with Gasteiger partial charge in [-0.15, -0.1) is 0 Å². The topological polar surface area (TPSA) is 228 Å². The lowest BCUT2D eigenvalue weighted by molar-refractivity contribution is -0.359. The number of carbonyl (C=O) groups is 1. The minimum atomic E-state index is -1.79. The first-order valence-corrected chi connectivity index (χ1v) is 31.4. The van der Waals surface area contributed by atoms with Crippen LogP contribution in [0.5, 0.6) is 0 Å². The molecular formula is C63H115NO13. The number of amides is 1. The highest BCUT2D eigenvalue weighted by Crippen LogP contribution is 2.30. The molecule has 2 aliphatic heterocycles. The van der Waals surface area contributed by atoms with Crippen LogP contribution in [0.15, 0.2) is 48.6 Å². The van der Waals surface area contributed by atoms with Crippen LogP contribution in [0, 0.1) is 0 Å². The number of rotatable bonds is 50. The second-order valence-electron chi connectivity index (χ2n) is 22.2. The summed E-state index contributed by atoms with van der Waals surface area (Å²) in [5.74, 6) is -0.254. The Bertz CT molecular complexity index is 1480. The van der Waals surface area contributed by atoms with Gasteiger partial charge in [0.05, 0.1) is 32.0 Å². The van der Waals surface area contributed by atoms with Gasteiger partial charge >= 0.3 is 0 Å². The lowest BCUT2D eigenvalue weighted by atomic mass is 9.97. The Kier molecular flexibility index (Phi) is 44.9. The van der Waals surface area contributed by atoms with Gasteiger partial charge in [0, 0.05) is 6.42 Å². The van der Waals surface area contributed by atoms with Crippen molar-refractivity contribution >= 4 is 5.91 Å². The molecule has 0 aromatic rings. The van der Waals surface area contributed by atoms with Crippen molar-refractivity contribution in [2.75, 3.05) is 19.8 Å². The summed E-state index contributed by atoms with van der Waals surface area (Å²) in [5.41, 5.74) is 0. The molecule has 12 unspecified atom stereocenters. The van der Waals surface area contributed by atoms with Crippen molar-refractivity contribution in [1.29, 1.82) is 0 Å². The summed E-state index contributed by atoms with van der Waals surface area (Å²) >= 11 is 0. The van der Waals surface area contributed by atoms with E-state index in [9.17, 15) is 45.6 Å². The van der Waals surface area contributed by atoms with E-state index in [0.717, 1.165) is 44.9 Å². The number of ether oxygens (including phenoxy) is 4. The van der Waals surface area contributed by atoms with Gasteiger partial charge in [0.15, 0.2) is 12.6 Å². The number of aliphatic hydroxyl groups excluding tert-OH is 8. The molecule has 2 heterocycles. The quantitative estimate of drug-likeness (QED) is 0.0204. The Morgan fingerprint density at radius 1 is 0.455 bits per heavy atom. The molecule has 0 aromatic heterocycles. The Labute approximate surface area is 467 Å². The summed E-state index contributed by atoms with van der Waals surface area (Å²) in [7, 11) is 0. The summed E-state index contributed by atoms with van der Waals surface area (Å²) in [5, 5.41) is 87.2. The van der Waals surface area contributed by atoms with E-state index >= 15 is 0 Å². The fourth-order valence-electron chi connectivity index (χ4n) is 10.1. The van der Waals surface area contributed by atoms with Crippen molar-refractivity contribution in [2.24, 2.45) is 0 Å². The summed E-state index contributed by atoms with van der Waals surface area (Å²) in [6.45, 7) is 2.79. The number of hydrogen-bond acceptors (Lipinski definition) is 13. The van der Waals surface area contributed by atoms with Gasteiger partial charge in [-0.2, -0.15) is 0 Å². The summed E-state index contributed by atoms with van der Waals surface area (Å²) < 4.78 is 22.8. The molecule has 0 bridgehead atoms. The largest absolute Gasteiger partial charge is 0.394 e. The third-order valence-electron chi connectivity index (χ3n) is 15.2. The molecule has 2 fully saturated rings. The predicted molar refractivity (Wildman–Crippen MR) is 309 cm³/mol. The fraction of sp³-hybridized carbons (Fsp3) is 0.857. The number of hydrogen-bond donors (Lipinski definition) is 9. The zero-order chi connectivity index (χ0) is 56.0. The van der Waals surface area contributed by atoms with Crippen LogP contribution in [0.25, 0.3) is 0 Å². The molecule has 9 N–H and O–H groups in total. The zero-order valence-corrected chi connectivity index (χ0v) is 48.5. The van der Waals surface area contributed by atoms with Crippen molar-refractivity contribution < 1.29 is 64.6 Å². The van der Waals surface area contributed by atoms with E-state index in [1.165, 1.54) is 173 Å². The third kappa shape index (κ3) is 34.1. The molecule has 1 amide bonds. The molecule has 2 saturated heterocycles. The van der Waals surface area contributed by atoms with Gasteiger partial charge in [0.2, 0.25) is 5.91 Å². The maximum absolute atomic E-state index is 13.3. The first-order valence-electron chi connectivity index (χ1n) is 31.4. The highest BCUT2D eigenvalue weighted by Gasteiger charge is 2.51. The Morgan fingerprint density at radius 3 is 1.27 bits per heavy atom. The summed E-state index contributed by atoms with van der Waals surface area (Å²) in [6.07, 6.45) is 44.4. The fourth-order valence-corrected chi connectivity index (χ4v) is 10.1. The monoisotopic (exact) mass is 1090 g/mol. The first kappa shape index (κ1) is 71.1. The molecule has 2 rings (SSSR count). The van der Waals surface area contributed by atoms with E-state index in [1.54, 1.807) is 6.08 Å². The Hall–Kier alpha value is -2.05. The Balaban J connectivity index is 1.78. The normalized spacial score (nSPS) is 25.0. The van der Waals surface area contributed by atoms with E-state index in [-0.39, 0.29) is 18.9 Å². The number of carbonyl (C=O) groups excluding carboxylic acids is 1. The van der Waals surface area contributed by atoms with Gasteiger partial charge in [0.25, 0.3) is 0 Å². The van der Waals surface area contributed by atoms with E-state index in [0.29, 0.717) is 12.8 Å². The molecule has 12 atom stereocenters. The van der Waals surface area contributed by atoms with Crippen LogP contribution < -0.4 is 5.32 Å². The number of allylic oxidation sites excluding steroid dienone is 7. The smallest absolute Gasteiger partial charge is 0.220 e. The minimum absolute atomic E-state index is 0.254. The molecule has 0 spiro atoms. The highest BCUT2D eigenvalue weighted by molar-refractivity contribution is 5.76. The average Bonchev–Trinajstić information content (AvgIpc) is 3.44. The summed E-state index contributed by atoms with van der Waals surface area (Å²) in [4.78, 5) is 13.3. The van der Waals surface area contributed by atoms with Crippen LogP contribution in [0.3, 0.4) is 0 Å². The third-order valence-corrected chi connectivity index (χ3v) is 15.2. The van der Waals surface area contributed by atoms with Gasteiger partial charge in [-0.25, -0.2) is 0 Å². The SMILES string of the molecule is CCCCCCCCCC/C=C\CCCCCCCCCCCC(=O)NC(COC1OC(CO)C(OC2OC(CO)C(O)C(O)C2O)C(O)C1O)C(O)/C=C/CC/C=C/CC/C=C/CCCCCCCCCCCCCC. The molecule has 0 saturated carbocycles. The molecule has 2 aliphatic rings. The van der Waals surface area contributed by atoms with Gasteiger partial charge in [0.1, 0.15) is 48.8 Å². The van der Waals surface area contributed by atoms with E-state index in [1.807, 2.05) is 6.08 Å². The molecule has 14 heteroatoms. The molecule has 0 aromatic carbocycles. The molecule has 77 heavy (non-hydrogen) atoms. The lowest BCUT2D eigenvalue weighted by Gasteiger charge is -2.46. The van der Waals surface area contributed by atoms with Crippen LogP contribution in [0.1, 0.15) is 251 Å². The van der Waals surface area contributed by atoms with Crippen LogP contribution in [0.2, 0.25) is 0 Å². The summed E-state index contributed by atoms with van der Waals surface area (Å²) in [6, 6.07) is -0.940. The maximum atomic E-state index is 13.3. The minimum Gasteiger partial charge on any atom is -0.394 e. The second kappa shape index (κ2) is 48.6. The maximum Gasteiger partial charge on any atom is 0.220 e. The number of unbranched alkanes of at least 4 members (excludes halogenated alkanes) is 31. The molecule has 450 valence electrons. The predicted octanol–water partition coefficient (Wildman–Crippen LogP) is 11.2. The van der Waals surface area contributed by atoms with Crippen LogP contribution in [-0.4, -0.2) is 140 Å². The van der Waals surface area contributed by atoms with E-state index in [2.05, 4.69) is 55.6 Å². The average molecular weight is 1090 g/mol. The van der Waals surface area contributed by atoms with Crippen molar-refractivity contribution in [3.63, 3.8) is 0 Å². The first-order chi connectivity index (χ1) is 37.6. The van der Waals surface area contributed by atoms with Gasteiger partial charge in [-0.05, 0) is 70.6 Å². The van der Waals surface area contributed by atoms with Gasteiger partial charge < -0.3 is 65.1 Å². The zero-order valence-electron chi connectivity index (χ0n) is 48.5. The van der Waals surface area contributed by atoms with Crippen LogP contribution in [-0.2, 0) is 23.7 Å². The number of nitrogens with one attached hydrogen (secondary N) is 1. The Morgan fingerprint density at radius 2 is 0.831 bits per heavy atom. The molecular weight excluding hydrogens is 979 g/mol. The molecule has 0 radical (unpaired) electrons. The van der Waals surface area contributed by atoms with Crippen molar-refractivity contribution in [2.45, 2.75) is 325 Å². The molecule has 0 aliphatic carbocycles. The van der Waals surface area contributed by atoms with Crippen molar-refractivity contribution in [3.05, 3.63) is 48.6 Å². The van der Waals surface area contributed by atoms with Crippen LogP contribution >= 0.6 is 0 Å².